The van der Waals surface area contributed by atoms with Crippen LogP contribution in [0.1, 0.15) is 17.3 Å². The molecular formula is C17H21N5O2. The molecule has 1 aliphatic rings. The van der Waals surface area contributed by atoms with Gasteiger partial charge in [0, 0.05) is 50.3 Å². The first-order valence-electron chi connectivity index (χ1n) is 8.07. The van der Waals surface area contributed by atoms with Gasteiger partial charge in [-0.05, 0) is 26.1 Å². The second-order valence-electron chi connectivity index (χ2n) is 5.68. The van der Waals surface area contributed by atoms with E-state index in [-0.39, 0.29) is 5.97 Å². The van der Waals surface area contributed by atoms with E-state index in [9.17, 15) is 4.79 Å². The van der Waals surface area contributed by atoms with Gasteiger partial charge in [-0.25, -0.2) is 14.8 Å². The highest BCUT2D eigenvalue weighted by molar-refractivity contribution is 5.94. The number of esters is 1. The van der Waals surface area contributed by atoms with E-state index in [0.717, 1.165) is 31.7 Å². The number of likely N-dealkylation sites (N-methyl/N-ethyl adjacent to an activating group) is 1. The van der Waals surface area contributed by atoms with Crippen molar-refractivity contribution in [1.82, 2.24) is 19.9 Å². The number of piperazine rings is 1. The van der Waals surface area contributed by atoms with Crippen LogP contribution < -0.4 is 4.90 Å². The van der Waals surface area contributed by atoms with Crippen LogP contribution in [0.3, 0.4) is 0 Å². The van der Waals surface area contributed by atoms with Crippen LogP contribution in [0.4, 0.5) is 5.82 Å². The number of anilines is 1. The van der Waals surface area contributed by atoms with Crippen LogP contribution in [-0.2, 0) is 4.74 Å². The lowest BCUT2D eigenvalue weighted by molar-refractivity contribution is 0.0526. The number of hydrogen-bond donors (Lipinski definition) is 0. The summed E-state index contributed by atoms with van der Waals surface area (Å²) in [7, 11) is 2.09. The average molecular weight is 327 g/mol. The third-order valence-electron chi connectivity index (χ3n) is 4.01. The van der Waals surface area contributed by atoms with Gasteiger partial charge in [0.15, 0.2) is 5.82 Å². The second kappa shape index (κ2) is 7.35. The summed E-state index contributed by atoms with van der Waals surface area (Å²) in [5.74, 6) is 0.843. The van der Waals surface area contributed by atoms with Gasteiger partial charge in [0.25, 0.3) is 0 Å². The van der Waals surface area contributed by atoms with Crippen molar-refractivity contribution in [2.45, 2.75) is 6.92 Å². The molecule has 1 aliphatic heterocycles. The van der Waals surface area contributed by atoms with Crippen LogP contribution in [0, 0.1) is 0 Å². The molecular weight excluding hydrogens is 306 g/mol. The zero-order valence-electron chi connectivity index (χ0n) is 14.0. The summed E-state index contributed by atoms with van der Waals surface area (Å²) < 4.78 is 5.16. The molecule has 0 amide bonds. The van der Waals surface area contributed by atoms with Crippen LogP contribution in [0.15, 0.2) is 30.7 Å². The summed E-state index contributed by atoms with van der Waals surface area (Å²) in [5.41, 5.74) is 1.29. The Morgan fingerprint density at radius 3 is 2.58 bits per heavy atom. The zero-order valence-corrected chi connectivity index (χ0v) is 14.0. The fourth-order valence-corrected chi connectivity index (χ4v) is 2.63. The SMILES string of the molecule is CCOC(=O)c1cnc(-c2ccncc2)nc1N1CCN(C)CC1. The number of carbonyl (C=O) groups is 1. The van der Waals surface area contributed by atoms with E-state index >= 15 is 0 Å². The molecule has 24 heavy (non-hydrogen) atoms. The van der Waals surface area contributed by atoms with Gasteiger partial charge in [-0.2, -0.15) is 0 Å². The van der Waals surface area contributed by atoms with Crippen molar-refractivity contribution in [2.24, 2.45) is 0 Å². The number of nitrogens with zero attached hydrogens (tertiary/aromatic N) is 5. The van der Waals surface area contributed by atoms with E-state index in [1.807, 2.05) is 12.1 Å². The predicted molar refractivity (Wildman–Crippen MR) is 90.9 cm³/mol. The molecule has 3 rings (SSSR count). The van der Waals surface area contributed by atoms with Gasteiger partial charge in [-0.15, -0.1) is 0 Å². The maximum absolute atomic E-state index is 12.3. The lowest BCUT2D eigenvalue weighted by Crippen LogP contribution is -2.45. The Balaban J connectivity index is 1.99. The molecule has 3 heterocycles. The molecule has 0 atom stereocenters. The summed E-state index contributed by atoms with van der Waals surface area (Å²) in [6.07, 6.45) is 4.97. The fourth-order valence-electron chi connectivity index (χ4n) is 2.63. The van der Waals surface area contributed by atoms with Crippen LogP contribution >= 0.6 is 0 Å². The number of pyridine rings is 1. The van der Waals surface area contributed by atoms with E-state index < -0.39 is 0 Å². The van der Waals surface area contributed by atoms with Gasteiger partial charge in [0.1, 0.15) is 11.4 Å². The minimum atomic E-state index is -0.382. The Bertz CT molecular complexity index is 699. The molecule has 0 bridgehead atoms. The summed E-state index contributed by atoms with van der Waals surface area (Å²) in [4.78, 5) is 29.7. The largest absolute Gasteiger partial charge is 0.462 e. The van der Waals surface area contributed by atoms with Crippen molar-refractivity contribution in [3.05, 3.63) is 36.3 Å². The van der Waals surface area contributed by atoms with Crippen LogP contribution in [-0.4, -0.2) is 65.7 Å². The number of ether oxygens (including phenoxy) is 1. The highest BCUT2D eigenvalue weighted by atomic mass is 16.5. The molecule has 1 saturated heterocycles. The first-order valence-corrected chi connectivity index (χ1v) is 8.07. The van der Waals surface area contributed by atoms with Gasteiger partial charge < -0.3 is 14.5 Å². The maximum atomic E-state index is 12.3. The number of rotatable bonds is 4. The lowest BCUT2D eigenvalue weighted by atomic mass is 10.2. The highest BCUT2D eigenvalue weighted by Gasteiger charge is 2.23. The molecule has 0 spiro atoms. The molecule has 126 valence electrons. The Morgan fingerprint density at radius 2 is 1.92 bits per heavy atom. The van der Waals surface area contributed by atoms with Gasteiger partial charge in [-0.1, -0.05) is 0 Å². The summed E-state index contributed by atoms with van der Waals surface area (Å²) >= 11 is 0. The number of carbonyl (C=O) groups excluding carboxylic acids is 1. The van der Waals surface area contributed by atoms with E-state index in [1.165, 1.54) is 0 Å². The van der Waals surface area contributed by atoms with Crippen molar-refractivity contribution in [2.75, 3.05) is 44.7 Å². The quantitative estimate of drug-likeness (QED) is 0.787. The number of aromatic nitrogens is 3. The molecule has 0 aliphatic carbocycles. The molecule has 0 radical (unpaired) electrons. The summed E-state index contributed by atoms with van der Waals surface area (Å²) in [6, 6.07) is 3.71. The van der Waals surface area contributed by atoms with Crippen molar-refractivity contribution in [3.8, 4) is 11.4 Å². The first-order chi connectivity index (χ1) is 11.7. The van der Waals surface area contributed by atoms with E-state index in [1.54, 1.807) is 25.5 Å². The van der Waals surface area contributed by atoms with Gasteiger partial charge in [0.2, 0.25) is 0 Å². The highest BCUT2D eigenvalue weighted by Crippen LogP contribution is 2.23. The van der Waals surface area contributed by atoms with Crippen molar-refractivity contribution >= 4 is 11.8 Å². The Labute approximate surface area is 141 Å². The van der Waals surface area contributed by atoms with Crippen molar-refractivity contribution < 1.29 is 9.53 Å². The summed E-state index contributed by atoms with van der Waals surface area (Å²) in [5, 5.41) is 0. The minimum Gasteiger partial charge on any atom is -0.462 e. The van der Waals surface area contributed by atoms with Crippen molar-refractivity contribution in [1.29, 1.82) is 0 Å². The van der Waals surface area contributed by atoms with E-state index in [0.29, 0.717) is 23.8 Å². The Kier molecular flexibility index (Phi) is 5.00. The van der Waals surface area contributed by atoms with Gasteiger partial charge in [0.05, 0.1) is 6.61 Å². The number of hydrogen-bond acceptors (Lipinski definition) is 7. The molecule has 1 fully saturated rings. The normalized spacial score (nSPS) is 15.3. The molecule has 7 nitrogen and oxygen atoms in total. The van der Waals surface area contributed by atoms with Crippen LogP contribution in [0.25, 0.3) is 11.4 Å². The van der Waals surface area contributed by atoms with Crippen LogP contribution in [0.5, 0.6) is 0 Å². The second-order valence-corrected chi connectivity index (χ2v) is 5.68. The minimum absolute atomic E-state index is 0.327. The Hall–Kier alpha value is -2.54. The van der Waals surface area contributed by atoms with Gasteiger partial charge in [-0.3, -0.25) is 4.98 Å². The molecule has 0 aromatic carbocycles. The third-order valence-corrected chi connectivity index (χ3v) is 4.01. The lowest BCUT2D eigenvalue weighted by Gasteiger charge is -2.34. The molecule has 0 unspecified atom stereocenters. The van der Waals surface area contributed by atoms with E-state index in [2.05, 4.69) is 31.8 Å². The molecule has 7 heteroatoms. The zero-order chi connectivity index (χ0) is 16.9. The molecule has 0 saturated carbocycles. The first kappa shape index (κ1) is 16.3. The monoisotopic (exact) mass is 327 g/mol. The molecule has 2 aromatic rings. The van der Waals surface area contributed by atoms with Crippen LogP contribution in [0.2, 0.25) is 0 Å². The topological polar surface area (TPSA) is 71.4 Å². The smallest absolute Gasteiger partial charge is 0.343 e. The maximum Gasteiger partial charge on any atom is 0.343 e. The van der Waals surface area contributed by atoms with Crippen molar-refractivity contribution in [3.63, 3.8) is 0 Å². The third kappa shape index (κ3) is 3.51. The Morgan fingerprint density at radius 1 is 1.21 bits per heavy atom. The standard InChI is InChI=1S/C17H21N5O2/c1-3-24-17(23)14-12-19-15(13-4-6-18-7-5-13)20-16(14)22-10-8-21(2)9-11-22/h4-7,12H,3,8-11H2,1-2H3. The average Bonchev–Trinajstić information content (AvgIpc) is 2.63. The fraction of sp³-hybridized carbons (Fsp3) is 0.412. The summed E-state index contributed by atoms with van der Waals surface area (Å²) in [6.45, 7) is 5.60. The molecule has 2 aromatic heterocycles. The predicted octanol–water partition coefficient (Wildman–Crippen LogP) is 1.47. The van der Waals surface area contributed by atoms with E-state index in [4.69, 9.17) is 4.74 Å². The molecule has 0 N–H and O–H groups in total. The van der Waals surface area contributed by atoms with Gasteiger partial charge >= 0.3 is 5.97 Å².